The van der Waals surface area contributed by atoms with Crippen LogP contribution in [0.15, 0.2) is 59.6 Å². The van der Waals surface area contributed by atoms with Crippen LogP contribution in [0.25, 0.3) is 10.9 Å². The third-order valence-electron chi connectivity index (χ3n) is 6.18. The van der Waals surface area contributed by atoms with Gasteiger partial charge in [-0.3, -0.25) is 4.79 Å². The van der Waals surface area contributed by atoms with Crippen LogP contribution in [0, 0.1) is 12.8 Å². The first-order valence-electron chi connectivity index (χ1n) is 11.0. The van der Waals surface area contributed by atoms with Crippen molar-refractivity contribution in [1.29, 1.82) is 0 Å². The Hall–Kier alpha value is -2.66. The maximum atomic E-state index is 13.4. The molecule has 1 amide bonds. The normalized spacial score (nSPS) is 14.9. The van der Waals surface area contributed by atoms with Crippen molar-refractivity contribution in [3.8, 4) is 0 Å². The van der Waals surface area contributed by atoms with E-state index in [1.165, 1.54) is 11.0 Å². The molecule has 174 valence electrons. The number of nitrogens with one attached hydrogen (secondary N) is 1. The number of nitrogens with zero attached hydrogens (tertiary/aromatic N) is 2. The predicted molar refractivity (Wildman–Crippen MR) is 128 cm³/mol. The number of carbonyl (C=O) groups excluding carboxylic acids is 1. The molecule has 0 aliphatic heterocycles. The number of hydrogen-bond acceptors (Lipinski definition) is 5. The van der Waals surface area contributed by atoms with E-state index in [2.05, 4.69) is 4.72 Å². The number of carbonyl (C=O) groups is 1. The smallest absolute Gasteiger partial charge is 0.426 e. The molecule has 3 N–H and O–H groups in total. The highest BCUT2D eigenvalue weighted by atomic mass is 32.2. The highest BCUT2D eigenvalue weighted by Gasteiger charge is 2.39. The monoisotopic (exact) mass is 469 g/mol. The zero-order valence-corrected chi connectivity index (χ0v) is 19.5. The number of hydrogen-bond donors (Lipinski definition) is 3. The summed E-state index contributed by atoms with van der Waals surface area (Å²) in [6, 6.07) is 13.9. The van der Waals surface area contributed by atoms with Gasteiger partial charge in [0.1, 0.15) is 0 Å². The largest absolute Gasteiger partial charge is 0.476 e. The van der Waals surface area contributed by atoms with Gasteiger partial charge < -0.3 is 19.5 Å². The SMILES string of the molecule is Cc1ccccc1N(C(=O)CNS(=O)(=O)c1cccc2c1ccn2C)[C@@H](CC1CC1)B(O)O. The molecule has 0 radical (unpaired) electrons. The molecule has 1 aliphatic carbocycles. The first-order chi connectivity index (χ1) is 15.7. The van der Waals surface area contributed by atoms with E-state index in [4.69, 9.17) is 0 Å². The van der Waals surface area contributed by atoms with Crippen molar-refractivity contribution in [2.75, 3.05) is 11.4 Å². The molecule has 0 spiro atoms. The van der Waals surface area contributed by atoms with Crippen molar-refractivity contribution in [2.45, 2.75) is 37.0 Å². The Morgan fingerprint density at radius 1 is 1.18 bits per heavy atom. The summed E-state index contributed by atoms with van der Waals surface area (Å²) >= 11 is 0. The van der Waals surface area contributed by atoms with Crippen LogP contribution in [0.2, 0.25) is 0 Å². The van der Waals surface area contributed by atoms with Crippen molar-refractivity contribution in [3.05, 3.63) is 60.3 Å². The minimum absolute atomic E-state index is 0.0903. The van der Waals surface area contributed by atoms with Gasteiger partial charge in [0.15, 0.2) is 0 Å². The van der Waals surface area contributed by atoms with Gasteiger partial charge in [-0.25, -0.2) is 13.1 Å². The predicted octanol–water partition coefficient (Wildman–Crippen LogP) is 1.98. The topological polar surface area (TPSA) is 112 Å². The molecular formula is C23H28BN3O5S. The minimum atomic E-state index is -3.99. The molecule has 2 aromatic carbocycles. The van der Waals surface area contributed by atoms with Gasteiger partial charge in [0, 0.05) is 29.8 Å². The van der Waals surface area contributed by atoms with Gasteiger partial charge in [0.25, 0.3) is 0 Å². The van der Waals surface area contributed by atoms with Crippen LogP contribution in [0.3, 0.4) is 0 Å². The molecule has 8 nitrogen and oxygen atoms in total. The van der Waals surface area contributed by atoms with Crippen LogP contribution in [0.4, 0.5) is 5.69 Å². The standard InChI is InChI=1S/C23H28BN3O5S/c1-16-6-3-4-7-19(16)27(22(24(29)30)14-17-10-11-17)23(28)15-25-33(31,32)21-9-5-8-20-18(21)12-13-26(20)2/h3-9,12-13,17,22,25,29-30H,10-11,14-15H2,1-2H3/t22-/m0/s1. The van der Waals surface area contributed by atoms with E-state index in [1.807, 2.05) is 36.7 Å². The number of sulfonamides is 1. The number of aromatic nitrogens is 1. The summed E-state index contributed by atoms with van der Waals surface area (Å²) in [4.78, 5) is 14.8. The molecule has 1 atom stereocenters. The average molecular weight is 469 g/mol. The number of rotatable bonds is 9. The minimum Gasteiger partial charge on any atom is -0.426 e. The third-order valence-corrected chi connectivity index (χ3v) is 7.64. The Bertz CT molecular complexity index is 1270. The molecule has 33 heavy (non-hydrogen) atoms. The third kappa shape index (κ3) is 4.99. The maximum absolute atomic E-state index is 13.4. The fraction of sp³-hybridized carbons (Fsp3) is 0.348. The van der Waals surface area contributed by atoms with Crippen LogP contribution < -0.4 is 9.62 Å². The fourth-order valence-electron chi connectivity index (χ4n) is 4.22. The van der Waals surface area contributed by atoms with Gasteiger partial charge in [0.05, 0.1) is 17.4 Å². The summed E-state index contributed by atoms with van der Waals surface area (Å²) in [5.74, 6) is -1.09. The van der Waals surface area contributed by atoms with Gasteiger partial charge >= 0.3 is 7.12 Å². The molecule has 1 saturated carbocycles. The summed E-state index contributed by atoms with van der Waals surface area (Å²) in [6.45, 7) is 1.32. The van der Waals surface area contributed by atoms with E-state index < -0.39 is 35.5 Å². The van der Waals surface area contributed by atoms with Crippen molar-refractivity contribution >= 4 is 39.6 Å². The van der Waals surface area contributed by atoms with Gasteiger partial charge in [-0.2, -0.15) is 0 Å². The van der Waals surface area contributed by atoms with Crippen LogP contribution in [-0.2, 0) is 21.9 Å². The first-order valence-corrected chi connectivity index (χ1v) is 12.4. The molecular weight excluding hydrogens is 441 g/mol. The number of amides is 1. The van der Waals surface area contributed by atoms with Gasteiger partial charge in [-0.15, -0.1) is 0 Å². The molecule has 0 saturated heterocycles. The zero-order valence-electron chi connectivity index (χ0n) is 18.7. The molecule has 1 heterocycles. The molecule has 1 aliphatic rings. The van der Waals surface area contributed by atoms with E-state index >= 15 is 0 Å². The zero-order chi connectivity index (χ0) is 23.8. The molecule has 0 unspecified atom stereocenters. The van der Waals surface area contributed by atoms with Gasteiger partial charge in [0.2, 0.25) is 15.9 Å². The van der Waals surface area contributed by atoms with Gasteiger partial charge in [-0.1, -0.05) is 37.1 Å². The van der Waals surface area contributed by atoms with E-state index in [9.17, 15) is 23.3 Å². The molecule has 4 rings (SSSR count). The van der Waals surface area contributed by atoms with Crippen molar-refractivity contribution in [1.82, 2.24) is 9.29 Å². The van der Waals surface area contributed by atoms with E-state index in [1.54, 1.807) is 30.5 Å². The van der Waals surface area contributed by atoms with Crippen LogP contribution >= 0.6 is 0 Å². The molecule has 1 fully saturated rings. The van der Waals surface area contributed by atoms with E-state index in [0.717, 1.165) is 23.9 Å². The number of para-hydroxylation sites is 1. The average Bonchev–Trinajstić information content (AvgIpc) is 3.53. The van der Waals surface area contributed by atoms with Crippen molar-refractivity contribution < 1.29 is 23.3 Å². The number of benzene rings is 2. The fourth-order valence-corrected chi connectivity index (χ4v) is 5.40. The summed E-state index contributed by atoms with van der Waals surface area (Å²) < 4.78 is 30.4. The summed E-state index contributed by atoms with van der Waals surface area (Å²) in [5, 5.41) is 20.8. The van der Waals surface area contributed by atoms with Crippen molar-refractivity contribution in [3.63, 3.8) is 0 Å². The lowest BCUT2D eigenvalue weighted by molar-refractivity contribution is -0.117. The molecule has 1 aromatic heterocycles. The van der Waals surface area contributed by atoms with Crippen LogP contribution in [-0.4, -0.2) is 48.5 Å². The number of fused-ring (bicyclic) bond motifs is 1. The van der Waals surface area contributed by atoms with E-state index in [-0.39, 0.29) is 4.90 Å². The molecule has 3 aromatic rings. The molecule has 10 heteroatoms. The molecule has 0 bridgehead atoms. The second-order valence-electron chi connectivity index (χ2n) is 8.65. The Morgan fingerprint density at radius 2 is 1.91 bits per heavy atom. The lowest BCUT2D eigenvalue weighted by atomic mass is 9.74. The Kier molecular flexibility index (Phi) is 6.62. The van der Waals surface area contributed by atoms with E-state index in [0.29, 0.717) is 23.4 Å². The Labute approximate surface area is 194 Å². The first kappa shape index (κ1) is 23.5. The maximum Gasteiger partial charge on any atom is 0.476 e. The van der Waals surface area contributed by atoms with Crippen LogP contribution in [0.1, 0.15) is 24.8 Å². The van der Waals surface area contributed by atoms with Crippen LogP contribution in [0.5, 0.6) is 0 Å². The van der Waals surface area contributed by atoms with Crippen molar-refractivity contribution in [2.24, 2.45) is 13.0 Å². The highest BCUT2D eigenvalue weighted by Crippen LogP contribution is 2.36. The Morgan fingerprint density at radius 3 is 2.58 bits per heavy atom. The Balaban J connectivity index is 1.62. The second kappa shape index (κ2) is 9.30. The lowest BCUT2D eigenvalue weighted by Crippen LogP contribution is -2.53. The summed E-state index contributed by atoms with van der Waals surface area (Å²) in [5.41, 5.74) is 2.08. The number of anilines is 1. The highest BCUT2D eigenvalue weighted by molar-refractivity contribution is 7.89. The quantitative estimate of drug-likeness (QED) is 0.415. The second-order valence-corrected chi connectivity index (χ2v) is 10.4. The lowest BCUT2D eigenvalue weighted by Gasteiger charge is -2.33. The number of aryl methyl sites for hydroxylation is 2. The summed E-state index contributed by atoms with van der Waals surface area (Å²) in [7, 11) is -3.90. The van der Waals surface area contributed by atoms with Gasteiger partial charge in [-0.05, 0) is 49.1 Å². The summed E-state index contributed by atoms with van der Waals surface area (Å²) in [6.07, 6.45) is 4.17.